The molecule has 0 bridgehead atoms. The summed E-state index contributed by atoms with van der Waals surface area (Å²) >= 11 is 0. The van der Waals surface area contributed by atoms with Crippen molar-refractivity contribution in [2.45, 2.75) is 39.8 Å². The predicted molar refractivity (Wildman–Crippen MR) is 106 cm³/mol. The zero-order chi connectivity index (χ0) is 16.2. The third-order valence-corrected chi connectivity index (χ3v) is 5.59. The van der Waals surface area contributed by atoms with E-state index < -0.39 is 9.84 Å². The molecule has 0 saturated carbocycles. The minimum Gasteiger partial charge on any atom is -0.357 e. The zero-order valence-corrected chi connectivity index (χ0v) is 17.1. The van der Waals surface area contributed by atoms with E-state index in [1.165, 1.54) is 16.7 Å². The van der Waals surface area contributed by atoms with E-state index in [-0.39, 0.29) is 41.5 Å². The lowest BCUT2D eigenvalue weighted by atomic mass is 10.1. The minimum atomic E-state index is -2.88. The quantitative estimate of drug-likeness (QED) is 0.418. The van der Waals surface area contributed by atoms with Gasteiger partial charge in [-0.1, -0.05) is 23.8 Å². The van der Waals surface area contributed by atoms with E-state index in [0.29, 0.717) is 18.9 Å². The summed E-state index contributed by atoms with van der Waals surface area (Å²) in [5.41, 5.74) is 3.65. The number of hydrogen-bond acceptors (Lipinski definition) is 3. The van der Waals surface area contributed by atoms with Crippen LogP contribution in [0.25, 0.3) is 0 Å². The van der Waals surface area contributed by atoms with Crippen LogP contribution < -0.4 is 10.6 Å². The number of rotatable bonds is 4. The normalized spacial score (nSPS) is 20.0. The molecule has 7 heteroatoms. The summed E-state index contributed by atoms with van der Waals surface area (Å²) in [5.74, 6) is 1.15. The maximum atomic E-state index is 11.5. The molecule has 23 heavy (non-hydrogen) atoms. The van der Waals surface area contributed by atoms with Crippen LogP contribution in [0.5, 0.6) is 0 Å². The van der Waals surface area contributed by atoms with Crippen molar-refractivity contribution >= 4 is 39.8 Å². The lowest BCUT2D eigenvalue weighted by Gasteiger charge is -2.16. The highest BCUT2D eigenvalue weighted by molar-refractivity contribution is 14.0. The van der Waals surface area contributed by atoms with Crippen molar-refractivity contribution < 1.29 is 8.42 Å². The minimum absolute atomic E-state index is 0. The van der Waals surface area contributed by atoms with E-state index in [9.17, 15) is 8.42 Å². The van der Waals surface area contributed by atoms with Crippen molar-refractivity contribution in [3.05, 3.63) is 34.9 Å². The van der Waals surface area contributed by atoms with Crippen LogP contribution in [0.15, 0.2) is 23.2 Å². The number of hydrogen-bond donors (Lipinski definition) is 2. The second kappa shape index (κ2) is 8.86. The summed E-state index contributed by atoms with van der Waals surface area (Å²) in [4.78, 5) is 4.59. The highest BCUT2D eigenvalue weighted by Crippen LogP contribution is 2.13. The van der Waals surface area contributed by atoms with Crippen molar-refractivity contribution in [2.75, 3.05) is 18.1 Å². The molecule has 0 aromatic heterocycles. The molecule has 1 aromatic carbocycles. The molecule has 1 saturated heterocycles. The molecule has 1 aromatic rings. The van der Waals surface area contributed by atoms with Gasteiger partial charge in [0.25, 0.3) is 0 Å². The Hall–Kier alpha value is -0.830. The summed E-state index contributed by atoms with van der Waals surface area (Å²) in [6.07, 6.45) is 0.649. The number of nitrogens with one attached hydrogen (secondary N) is 2. The highest BCUT2D eigenvalue weighted by Gasteiger charge is 2.28. The Balaban J connectivity index is 0.00000264. The zero-order valence-electron chi connectivity index (χ0n) is 13.9. The fourth-order valence-corrected chi connectivity index (χ4v) is 4.28. The lowest BCUT2D eigenvalue weighted by Crippen LogP contribution is -2.44. The van der Waals surface area contributed by atoms with Gasteiger partial charge in [0, 0.05) is 12.6 Å². The van der Waals surface area contributed by atoms with Crippen molar-refractivity contribution in [3.8, 4) is 0 Å². The molecule has 1 unspecified atom stereocenters. The van der Waals surface area contributed by atoms with Crippen LogP contribution >= 0.6 is 24.0 Å². The van der Waals surface area contributed by atoms with Crippen molar-refractivity contribution in [2.24, 2.45) is 4.99 Å². The molecule has 1 atom stereocenters. The Bertz CT molecular complexity index is 659. The fraction of sp³-hybridized carbons (Fsp3) is 0.562. The number of nitrogens with zero attached hydrogens (tertiary/aromatic N) is 1. The van der Waals surface area contributed by atoms with Crippen LogP contribution in [0, 0.1) is 13.8 Å². The first-order valence-corrected chi connectivity index (χ1v) is 9.53. The van der Waals surface area contributed by atoms with Gasteiger partial charge in [-0.15, -0.1) is 24.0 Å². The van der Waals surface area contributed by atoms with E-state index in [4.69, 9.17) is 0 Å². The number of sulfone groups is 1. The molecular formula is C16H26IN3O2S. The smallest absolute Gasteiger partial charge is 0.191 e. The number of halogens is 1. The average molecular weight is 451 g/mol. The first-order chi connectivity index (χ1) is 10.4. The van der Waals surface area contributed by atoms with E-state index in [1.54, 1.807) is 0 Å². The van der Waals surface area contributed by atoms with Crippen LogP contribution in [0.2, 0.25) is 0 Å². The topological polar surface area (TPSA) is 70.6 Å². The van der Waals surface area contributed by atoms with Crippen molar-refractivity contribution in [3.63, 3.8) is 0 Å². The number of aliphatic imine (C=N–C) groups is 1. The van der Waals surface area contributed by atoms with E-state index >= 15 is 0 Å². The van der Waals surface area contributed by atoms with Crippen LogP contribution in [-0.4, -0.2) is 38.5 Å². The predicted octanol–water partition coefficient (Wildman–Crippen LogP) is 2.16. The third-order valence-electron chi connectivity index (χ3n) is 3.82. The molecule has 130 valence electrons. The molecule has 1 aliphatic rings. The van der Waals surface area contributed by atoms with Crippen LogP contribution in [0.4, 0.5) is 0 Å². The molecule has 0 aliphatic carbocycles. The van der Waals surface area contributed by atoms with Gasteiger partial charge in [-0.2, -0.15) is 0 Å². The van der Waals surface area contributed by atoms with Crippen LogP contribution in [0.3, 0.4) is 0 Å². The van der Waals surface area contributed by atoms with Crippen LogP contribution in [0.1, 0.15) is 30.0 Å². The Labute approximate surface area is 156 Å². The maximum absolute atomic E-state index is 11.5. The van der Waals surface area contributed by atoms with Gasteiger partial charge < -0.3 is 10.6 Å². The molecular weight excluding hydrogens is 425 g/mol. The van der Waals surface area contributed by atoms with Crippen LogP contribution in [-0.2, 0) is 16.4 Å². The van der Waals surface area contributed by atoms with Gasteiger partial charge in [0.05, 0.1) is 18.1 Å². The van der Waals surface area contributed by atoms with Gasteiger partial charge in [-0.25, -0.2) is 13.4 Å². The SMILES string of the molecule is CCNC(=NCc1ccc(C)cc1C)NC1CCS(=O)(=O)C1.I. The summed E-state index contributed by atoms with van der Waals surface area (Å²) in [7, 11) is -2.88. The van der Waals surface area contributed by atoms with Crippen molar-refractivity contribution in [1.29, 1.82) is 0 Å². The Morgan fingerprint density at radius 3 is 2.65 bits per heavy atom. The summed E-state index contributed by atoms with van der Waals surface area (Å²) in [5, 5.41) is 6.42. The molecule has 1 fully saturated rings. The summed E-state index contributed by atoms with van der Waals surface area (Å²) in [6, 6.07) is 6.29. The largest absolute Gasteiger partial charge is 0.357 e. The monoisotopic (exact) mass is 451 g/mol. The number of benzene rings is 1. The molecule has 5 nitrogen and oxygen atoms in total. The van der Waals surface area contributed by atoms with Gasteiger partial charge in [0.1, 0.15) is 0 Å². The first-order valence-electron chi connectivity index (χ1n) is 7.71. The van der Waals surface area contributed by atoms with E-state index in [1.807, 2.05) is 6.92 Å². The molecule has 1 aliphatic heterocycles. The first kappa shape index (κ1) is 20.2. The molecule has 0 radical (unpaired) electrons. The van der Waals surface area contributed by atoms with Gasteiger partial charge in [-0.05, 0) is 38.3 Å². The Morgan fingerprint density at radius 2 is 2.09 bits per heavy atom. The Morgan fingerprint density at radius 1 is 1.35 bits per heavy atom. The highest BCUT2D eigenvalue weighted by atomic mass is 127. The Kier molecular flexibility index (Phi) is 7.79. The van der Waals surface area contributed by atoms with Gasteiger partial charge in [-0.3, -0.25) is 0 Å². The number of guanidine groups is 1. The fourth-order valence-electron chi connectivity index (χ4n) is 2.61. The molecule has 2 N–H and O–H groups in total. The summed E-state index contributed by atoms with van der Waals surface area (Å²) in [6.45, 7) is 7.49. The van der Waals surface area contributed by atoms with Gasteiger partial charge >= 0.3 is 0 Å². The molecule has 1 heterocycles. The van der Waals surface area contributed by atoms with E-state index in [0.717, 1.165) is 6.54 Å². The standard InChI is InChI=1S/C16H25N3O2S.HI/c1-4-17-16(19-15-7-8-22(20,21)11-15)18-10-14-6-5-12(2)9-13(14)3;/h5-6,9,15H,4,7-8,10-11H2,1-3H3,(H2,17,18,19);1H. The van der Waals surface area contributed by atoms with Gasteiger partial charge in [0.2, 0.25) is 0 Å². The molecule has 0 amide bonds. The van der Waals surface area contributed by atoms with E-state index in [2.05, 4.69) is 47.7 Å². The average Bonchev–Trinajstić information content (AvgIpc) is 2.77. The number of aryl methyl sites for hydroxylation is 2. The van der Waals surface area contributed by atoms with Gasteiger partial charge in [0.15, 0.2) is 15.8 Å². The summed E-state index contributed by atoms with van der Waals surface area (Å²) < 4.78 is 23.1. The third kappa shape index (κ3) is 6.29. The lowest BCUT2D eigenvalue weighted by molar-refractivity contribution is 0.599. The molecule has 0 spiro atoms. The second-order valence-electron chi connectivity index (χ2n) is 5.87. The van der Waals surface area contributed by atoms with Crippen molar-refractivity contribution in [1.82, 2.24) is 10.6 Å². The second-order valence-corrected chi connectivity index (χ2v) is 8.10. The maximum Gasteiger partial charge on any atom is 0.191 e. The molecule has 2 rings (SSSR count).